The first kappa shape index (κ1) is 23.1. The van der Waals surface area contributed by atoms with E-state index in [-0.39, 0.29) is 36.3 Å². The maximum atomic E-state index is 12.5. The molecule has 1 aromatic heterocycles. The Morgan fingerprint density at radius 2 is 1.81 bits per heavy atom. The Labute approximate surface area is 173 Å². The van der Waals surface area contributed by atoms with Gasteiger partial charge in [-0.25, -0.2) is 0 Å². The zero-order valence-corrected chi connectivity index (χ0v) is 17.8. The average Bonchev–Trinajstić information content (AvgIpc) is 2.80. The van der Waals surface area contributed by atoms with Crippen LogP contribution in [0.2, 0.25) is 0 Å². The molecule has 2 aromatic rings. The maximum absolute atomic E-state index is 12.5. The van der Waals surface area contributed by atoms with Crippen molar-refractivity contribution in [3.05, 3.63) is 46.8 Å². The van der Waals surface area contributed by atoms with Crippen LogP contribution in [0.4, 0.5) is 13.2 Å². The molecule has 1 heterocycles. The minimum Gasteiger partial charge on any atom is -0.405 e. The Kier molecular flexibility index (Phi) is 8.38. The molecule has 0 aliphatic rings. The summed E-state index contributed by atoms with van der Waals surface area (Å²) in [6.45, 7) is 4.53. The highest BCUT2D eigenvalue weighted by atomic mass is 127. The van der Waals surface area contributed by atoms with E-state index in [0.717, 1.165) is 17.0 Å². The van der Waals surface area contributed by atoms with Gasteiger partial charge in [0.2, 0.25) is 0 Å². The van der Waals surface area contributed by atoms with Crippen LogP contribution < -0.4 is 15.4 Å². The molecule has 0 bridgehead atoms. The topological polar surface area (TPSA) is 63.5 Å². The van der Waals surface area contributed by atoms with Crippen molar-refractivity contribution in [2.45, 2.75) is 33.3 Å². The van der Waals surface area contributed by atoms with E-state index < -0.39 is 6.36 Å². The van der Waals surface area contributed by atoms with Crippen LogP contribution in [0.1, 0.15) is 22.5 Å². The van der Waals surface area contributed by atoms with Gasteiger partial charge in [-0.15, -0.1) is 37.1 Å². The Morgan fingerprint density at radius 3 is 2.37 bits per heavy atom. The molecule has 0 aliphatic heterocycles. The third-order valence-electron chi connectivity index (χ3n) is 3.96. The Morgan fingerprint density at radius 1 is 1.19 bits per heavy atom. The smallest absolute Gasteiger partial charge is 0.405 e. The lowest BCUT2D eigenvalue weighted by Gasteiger charge is -2.15. The number of halogens is 4. The van der Waals surface area contributed by atoms with E-state index in [4.69, 9.17) is 0 Å². The summed E-state index contributed by atoms with van der Waals surface area (Å²) in [5, 5.41) is 10.5. The van der Waals surface area contributed by atoms with Crippen molar-refractivity contribution in [3.8, 4) is 5.75 Å². The van der Waals surface area contributed by atoms with Crippen LogP contribution in [0.15, 0.2) is 29.3 Å². The van der Waals surface area contributed by atoms with Gasteiger partial charge < -0.3 is 15.4 Å². The molecule has 6 nitrogen and oxygen atoms in total. The van der Waals surface area contributed by atoms with Crippen molar-refractivity contribution in [3.63, 3.8) is 0 Å². The predicted molar refractivity (Wildman–Crippen MR) is 108 cm³/mol. The summed E-state index contributed by atoms with van der Waals surface area (Å²) in [4.78, 5) is 4.09. The fourth-order valence-corrected chi connectivity index (χ4v) is 2.52. The lowest BCUT2D eigenvalue weighted by atomic mass is 10.2. The number of guanidine groups is 1. The molecule has 2 rings (SSSR count). The number of aliphatic imine (C=N–C) groups is 1. The third-order valence-corrected chi connectivity index (χ3v) is 3.96. The van der Waals surface area contributed by atoms with Gasteiger partial charge in [-0.05, 0) is 19.9 Å². The Balaban J connectivity index is 0.00000364. The van der Waals surface area contributed by atoms with Crippen LogP contribution >= 0.6 is 24.0 Å². The van der Waals surface area contributed by atoms with E-state index in [1.807, 2.05) is 20.9 Å². The third kappa shape index (κ3) is 6.60. The second kappa shape index (κ2) is 9.81. The van der Waals surface area contributed by atoms with Gasteiger partial charge in [0.05, 0.1) is 5.69 Å². The van der Waals surface area contributed by atoms with E-state index in [1.54, 1.807) is 23.9 Å². The summed E-state index contributed by atoms with van der Waals surface area (Å²) in [6, 6.07) is 5.99. The van der Waals surface area contributed by atoms with Crippen molar-refractivity contribution < 1.29 is 17.9 Å². The summed E-state index contributed by atoms with van der Waals surface area (Å²) in [5.41, 5.74) is 3.38. The quantitative estimate of drug-likeness (QED) is 0.378. The van der Waals surface area contributed by atoms with Crippen LogP contribution in [-0.4, -0.2) is 29.2 Å². The van der Waals surface area contributed by atoms with Crippen LogP contribution in [-0.2, 0) is 20.1 Å². The molecule has 10 heteroatoms. The fraction of sp³-hybridized carbons (Fsp3) is 0.412. The zero-order chi connectivity index (χ0) is 19.3. The van der Waals surface area contributed by atoms with Crippen LogP contribution in [0, 0.1) is 13.8 Å². The SMILES string of the molecule is CN=C(NCc1ccccc1OC(F)(F)F)NCc1c(C)nn(C)c1C.I. The number of para-hydroxylation sites is 1. The normalized spacial score (nSPS) is 11.7. The van der Waals surface area contributed by atoms with E-state index in [9.17, 15) is 13.2 Å². The van der Waals surface area contributed by atoms with E-state index >= 15 is 0 Å². The number of nitrogens with zero attached hydrogens (tertiary/aromatic N) is 3. The molecule has 0 fully saturated rings. The average molecular weight is 497 g/mol. The highest BCUT2D eigenvalue weighted by Crippen LogP contribution is 2.26. The highest BCUT2D eigenvalue weighted by Gasteiger charge is 2.31. The largest absolute Gasteiger partial charge is 0.573 e. The zero-order valence-electron chi connectivity index (χ0n) is 15.5. The number of aromatic nitrogens is 2. The molecule has 0 amide bonds. The minimum absolute atomic E-state index is 0. The number of benzene rings is 1. The monoisotopic (exact) mass is 497 g/mol. The fourth-order valence-electron chi connectivity index (χ4n) is 2.52. The van der Waals surface area contributed by atoms with Crippen molar-refractivity contribution in [1.29, 1.82) is 0 Å². The van der Waals surface area contributed by atoms with Gasteiger partial charge in [0.15, 0.2) is 5.96 Å². The molecule has 0 saturated heterocycles. The van der Waals surface area contributed by atoms with Crippen molar-refractivity contribution in [1.82, 2.24) is 20.4 Å². The van der Waals surface area contributed by atoms with E-state index in [0.29, 0.717) is 18.1 Å². The lowest BCUT2D eigenvalue weighted by molar-refractivity contribution is -0.274. The summed E-state index contributed by atoms with van der Waals surface area (Å²) < 4.78 is 43.3. The summed E-state index contributed by atoms with van der Waals surface area (Å²) >= 11 is 0. The van der Waals surface area contributed by atoms with Crippen molar-refractivity contribution in [2.75, 3.05) is 7.05 Å². The van der Waals surface area contributed by atoms with Crippen molar-refractivity contribution in [2.24, 2.45) is 12.0 Å². The number of nitrogens with one attached hydrogen (secondary N) is 2. The number of hydrogen-bond donors (Lipinski definition) is 2. The molecule has 150 valence electrons. The van der Waals surface area contributed by atoms with Gasteiger partial charge in [0.1, 0.15) is 5.75 Å². The summed E-state index contributed by atoms with van der Waals surface area (Å²) in [7, 11) is 3.47. The van der Waals surface area contributed by atoms with Gasteiger partial charge >= 0.3 is 6.36 Å². The molecular formula is C17H23F3IN5O. The number of ether oxygens (including phenoxy) is 1. The molecule has 1 aromatic carbocycles. The first-order valence-corrected chi connectivity index (χ1v) is 7.98. The van der Waals surface area contributed by atoms with Crippen LogP contribution in [0.3, 0.4) is 0 Å². The predicted octanol–water partition coefficient (Wildman–Crippen LogP) is 3.42. The molecule has 0 unspecified atom stereocenters. The molecule has 0 spiro atoms. The first-order chi connectivity index (χ1) is 12.2. The number of rotatable bonds is 5. The molecule has 0 aliphatic carbocycles. The molecule has 27 heavy (non-hydrogen) atoms. The molecular weight excluding hydrogens is 474 g/mol. The van der Waals surface area contributed by atoms with Crippen molar-refractivity contribution >= 4 is 29.9 Å². The molecule has 0 atom stereocenters. The van der Waals surface area contributed by atoms with E-state index in [2.05, 4.69) is 25.5 Å². The van der Waals surface area contributed by atoms with Crippen LogP contribution in [0.5, 0.6) is 5.75 Å². The van der Waals surface area contributed by atoms with Crippen LogP contribution in [0.25, 0.3) is 0 Å². The lowest BCUT2D eigenvalue weighted by Crippen LogP contribution is -2.36. The second-order valence-corrected chi connectivity index (χ2v) is 5.71. The van der Waals surface area contributed by atoms with Gasteiger partial charge in [-0.2, -0.15) is 5.10 Å². The summed E-state index contributed by atoms with van der Waals surface area (Å²) in [5.74, 6) is 0.233. The number of alkyl halides is 3. The van der Waals surface area contributed by atoms with E-state index in [1.165, 1.54) is 12.1 Å². The van der Waals surface area contributed by atoms with Gasteiger partial charge in [0.25, 0.3) is 0 Å². The Bertz CT molecular complexity index is 789. The molecule has 0 radical (unpaired) electrons. The standard InChI is InChI=1S/C17H22F3N5O.HI/c1-11-14(12(2)25(4)24-11)10-23-16(21-3)22-9-13-7-5-6-8-15(13)26-17(18,19)20;/h5-8H,9-10H2,1-4H3,(H2,21,22,23);1H. The maximum Gasteiger partial charge on any atom is 0.573 e. The second-order valence-electron chi connectivity index (χ2n) is 5.71. The summed E-state index contributed by atoms with van der Waals surface area (Å²) in [6.07, 6.45) is -4.73. The molecule has 0 saturated carbocycles. The number of aryl methyl sites for hydroxylation is 2. The molecule has 2 N–H and O–H groups in total. The number of hydrogen-bond acceptors (Lipinski definition) is 3. The first-order valence-electron chi connectivity index (χ1n) is 7.98. The van der Waals surface area contributed by atoms with Gasteiger partial charge in [-0.3, -0.25) is 9.67 Å². The highest BCUT2D eigenvalue weighted by molar-refractivity contribution is 14.0. The minimum atomic E-state index is -4.73. The van der Waals surface area contributed by atoms with Gasteiger partial charge in [-0.1, -0.05) is 18.2 Å². The Hall–Kier alpha value is -1.98. The van der Waals surface area contributed by atoms with Gasteiger partial charge in [0, 0.05) is 44.0 Å².